The van der Waals surface area contributed by atoms with Gasteiger partial charge < -0.3 is 10.2 Å². The predicted molar refractivity (Wildman–Crippen MR) is 87.4 cm³/mol. The van der Waals surface area contributed by atoms with Crippen molar-refractivity contribution in [2.45, 2.75) is 51.5 Å². The molecule has 1 fully saturated rings. The molecule has 1 aliphatic rings. The monoisotopic (exact) mass is 320 g/mol. The number of hydrogen-bond donors (Lipinski definition) is 1. The largest absolute Gasteiger partial charge is 0.355 e. The van der Waals surface area contributed by atoms with Gasteiger partial charge in [0.25, 0.3) is 0 Å². The summed E-state index contributed by atoms with van der Waals surface area (Å²) in [5.41, 5.74) is 0.958. The minimum atomic E-state index is -0.268. The van der Waals surface area contributed by atoms with Crippen LogP contribution in [-0.4, -0.2) is 35.8 Å². The van der Waals surface area contributed by atoms with Gasteiger partial charge in [0.1, 0.15) is 12.2 Å². The van der Waals surface area contributed by atoms with Crippen LogP contribution in [-0.2, 0) is 16.0 Å². The van der Waals surface area contributed by atoms with Crippen molar-refractivity contribution in [1.82, 2.24) is 10.2 Å². The third-order valence-corrected chi connectivity index (χ3v) is 4.38. The first-order valence-corrected chi connectivity index (χ1v) is 8.40. The van der Waals surface area contributed by atoms with E-state index in [-0.39, 0.29) is 30.1 Å². The van der Waals surface area contributed by atoms with Crippen LogP contribution < -0.4 is 5.32 Å². The molecule has 5 heteroatoms. The fourth-order valence-corrected chi connectivity index (χ4v) is 3.05. The number of hydrogen-bond acceptors (Lipinski definition) is 2. The van der Waals surface area contributed by atoms with Crippen molar-refractivity contribution >= 4 is 11.8 Å². The molecule has 0 aromatic heterocycles. The second-order valence-electron chi connectivity index (χ2n) is 6.05. The summed E-state index contributed by atoms with van der Waals surface area (Å²) in [5.74, 6) is -0.580. The van der Waals surface area contributed by atoms with E-state index in [1.165, 1.54) is 12.1 Å². The Labute approximate surface area is 137 Å². The lowest BCUT2D eigenvalue weighted by molar-refractivity contribution is -0.139. The van der Waals surface area contributed by atoms with Crippen molar-refractivity contribution in [2.75, 3.05) is 13.1 Å². The summed E-state index contributed by atoms with van der Waals surface area (Å²) in [6.07, 6.45) is 4.70. The first-order valence-electron chi connectivity index (χ1n) is 8.40. The highest BCUT2D eigenvalue weighted by molar-refractivity contribution is 5.97. The third-order valence-electron chi connectivity index (χ3n) is 4.38. The van der Waals surface area contributed by atoms with Gasteiger partial charge in [-0.15, -0.1) is 0 Å². The van der Waals surface area contributed by atoms with Crippen LogP contribution in [0.25, 0.3) is 0 Å². The normalized spacial score (nSPS) is 17.8. The predicted octanol–water partition coefficient (Wildman–Crippen LogP) is 2.67. The highest BCUT2D eigenvalue weighted by atomic mass is 19.1. The maximum absolute atomic E-state index is 12.8. The standard InChI is InChI=1S/C18H25FN2O2/c1-2-16-5-3-4-12-21(16)18(23)13-17(22)20-11-10-14-6-8-15(19)9-7-14/h6-9,16H,2-5,10-13H2,1H3,(H,20,22). The Hall–Kier alpha value is -1.91. The van der Waals surface area contributed by atoms with E-state index in [4.69, 9.17) is 0 Å². The Morgan fingerprint density at radius 1 is 1.26 bits per heavy atom. The zero-order valence-electron chi connectivity index (χ0n) is 13.7. The number of halogens is 1. The van der Waals surface area contributed by atoms with E-state index in [1.54, 1.807) is 12.1 Å². The fraction of sp³-hybridized carbons (Fsp3) is 0.556. The van der Waals surface area contributed by atoms with Gasteiger partial charge in [-0.05, 0) is 49.8 Å². The van der Waals surface area contributed by atoms with Gasteiger partial charge in [-0.3, -0.25) is 9.59 Å². The molecule has 0 radical (unpaired) electrons. The molecule has 0 spiro atoms. The van der Waals surface area contributed by atoms with E-state index in [0.29, 0.717) is 13.0 Å². The molecule has 2 amide bonds. The average Bonchev–Trinajstić information content (AvgIpc) is 2.56. The molecule has 0 saturated carbocycles. The molecule has 0 bridgehead atoms. The Bertz CT molecular complexity index is 530. The molecule has 2 rings (SSSR count). The minimum absolute atomic E-state index is 0.0733. The van der Waals surface area contributed by atoms with Gasteiger partial charge in [-0.1, -0.05) is 19.1 Å². The lowest BCUT2D eigenvalue weighted by Gasteiger charge is -2.35. The van der Waals surface area contributed by atoms with E-state index in [1.807, 2.05) is 4.90 Å². The smallest absolute Gasteiger partial charge is 0.232 e. The number of benzene rings is 1. The fourth-order valence-electron chi connectivity index (χ4n) is 3.05. The maximum Gasteiger partial charge on any atom is 0.232 e. The second-order valence-corrected chi connectivity index (χ2v) is 6.05. The Morgan fingerprint density at radius 3 is 2.70 bits per heavy atom. The number of carbonyl (C=O) groups is 2. The van der Waals surface area contributed by atoms with Crippen LogP contribution >= 0.6 is 0 Å². The van der Waals surface area contributed by atoms with Gasteiger partial charge in [0.15, 0.2) is 0 Å². The lowest BCUT2D eigenvalue weighted by Crippen LogP contribution is -2.45. The first kappa shape index (κ1) is 17.4. The summed E-state index contributed by atoms with van der Waals surface area (Å²) < 4.78 is 12.8. The third kappa shape index (κ3) is 5.34. The van der Waals surface area contributed by atoms with Crippen LogP contribution in [0.5, 0.6) is 0 Å². The number of nitrogens with one attached hydrogen (secondary N) is 1. The van der Waals surface area contributed by atoms with Crippen molar-refractivity contribution in [3.05, 3.63) is 35.6 Å². The lowest BCUT2D eigenvalue weighted by atomic mass is 9.99. The van der Waals surface area contributed by atoms with Gasteiger partial charge in [-0.2, -0.15) is 0 Å². The van der Waals surface area contributed by atoms with Gasteiger partial charge in [0, 0.05) is 19.1 Å². The van der Waals surface area contributed by atoms with Crippen molar-refractivity contribution in [3.8, 4) is 0 Å². The number of likely N-dealkylation sites (tertiary alicyclic amines) is 1. The Balaban J connectivity index is 1.73. The molecule has 1 saturated heterocycles. The van der Waals surface area contributed by atoms with Crippen LogP contribution in [0.3, 0.4) is 0 Å². The summed E-state index contributed by atoms with van der Waals surface area (Å²) in [6.45, 7) is 3.30. The van der Waals surface area contributed by atoms with E-state index in [2.05, 4.69) is 12.2 Å². The number of nitrogens with zero attached hydrogens (tertiary/aromatic N) is 1. The summed E-state index contributed by atoms with van der Waals surface area (Å²) in [6, 6.07) is 6.49. The first-order chi connectivity index (χ1) is 11.1. The molecule has 1 aromatic carbocycles. The molecular weight excluding hydrogens is 295 g/mol. The minimum Gasteiger partial charge on any atom is -0.355 e. The van der Waals surface area contributed by atoms with Crippen LogP contribution in [0.4, 0.5) is 4.39 Å². The van der Waals surface area contributed by atoms with E-state index in [9.17, 15) is 14.0 Å². The van der Waals surface area contributed by atoms with Crippen LogP contribution in [0.1, 0.15) is 44.6 Å². The van der Waals surface area contributed by atoms with Gasteiger partial charge in [0.05, 0.1) is 0 Å². The maximum atomic E-state index is 12.8. The van der Waals surface area contributed by atoms with Gasteiger partial charge >= 0.3 is 0 Å². The Morgan fingerprint density at radius 2 is 2.00 bits per heavy atom. The number of amides is 2. The molecular formula is C18H25FN2O2. The van der Waals surface area contributed by atoms with Crippen LogP contribution in [0.15, 0.2) is 24.3 Å². The summed E-state index contributed by atoms with van der Waals surface area (Å²) >= 11 is 0. The highest BCUT2D eigenvalue weighted by Crippen LogP contribution is 2.20. The molecule has 1 N–H and O–H groups in total. The molecule has 126 valence electrons. The van der Waals surface area contributed by atoms with Crippen molar-refractivity contribution in [2.24, 2.45) is 0 Å². The summed E-state index contributed by atoms with van der Waals surface area (Å²) in [5, 5.41) is 2.77. The van der Waals surface area contributed by atoms with Crippen molar-refractivity contribution < 1.29 is 14.0 Å². The van der Waals surface area contributed by atoms with Gasteiger partial charge in [0.2, 0.25) is 11.8 Å². The van der Waals surface area contributed by atoms with Crippen LogP contribution in [0.2, 0.25) is 0 Å². The van der Waals surface area contributed by atoms with Crippen molar-refractivity contribution in [1.29, 1.82) is 0 Å². The molecule has 1 atom stereocenters. The number of piperidine rings is 1. The summed E-state index contributed by atoms with van der Waals surface area (Å²) in [4.78, 5) is 26.1. The van der Waals surface area contributed by atoms with Gasteiger partial charge in [-0.25, -0.2) is 4.39 Å². The number of rotatable bonds is 6. The average molecular weight is 320 g/mol. The molecule has 1 aliphatic heterocycles. The van der Waals surface area contributed by atoms with E-state index in [0.717, 1.165) is 37.8 Å². The Kier molecular flexibility index (Phi) is 6.56. The molecule has 4 nitrogen and oxygen atoms in total. The second kappa shape index (κ2) is 8.65. The summed E-state index contributed by atoms with van der Waals surface area (Å²) in [7, 11) is 0. The SMILES string of the molecule is CCC1CCCCN1C(=O)CC(=O)NCCc1ccc(F)cc1. The van der Waals surface area contributed by atoms with E-state index >= 15 is 0 Å². The molecule has 0 aliphatic carbocycles. The zero-order chi connectivity index (χ0) is 16.7. The molecule has 1 unspecified atom stereocenters. The highest BCUT2D eigenvalue weighted by Gasteiger charge is 2.26. The topological polar surface area (TPSA) is 49.4 Å². The molecule has 1 heterocycles. The quantitative estimate of drug-likeness (QED) is 0.819. The number of carbonyl (C=O) groups excluding carboxylic acids is 2. The van der Waals surface area contributed by atoms with Crippen LogP contribution in [0, 0.1) is 5.82 Å². The zero-order valence-corrected chi connectivity index (χ0v) is 13.7. The van der Waals surface area contributed by atoms with E-state index < -0.39 is 0 Å². The molecule has 23 heavy (non-hydrogen) atoms. The molecule has 1 aromatic rings. The van der Waals surface area contributed by atoms with Crippen molar-refractivity contribution in [3.63, 3.8) is 0 Å².